The van der Waals surface area contributed by atoms with E-state index in [1.54, 1.807) is 55.6 Å². The van der Waals surface area contributed by atoms with Crippen molar-refractivity contribution in [1.82, 2.24) is 9.88 Å². The molecule has 5 aromatic rings. The fourth-order valence-corrected chi connectivity index (χ4v) is 6.45. The van der Waals surface area contributed by atoms with Gasteiger partial charge in [-0.1, -0.05) is 80.6 Å². The smallest absolute Gasteiger partial charge is 0.299 e. The topological polar surface area (TPSA) is 109 Å². The third kappa shape index (κ3) is 6.74. The lowest BCUT2D eigenvalue weighted by molar-refractivity contribution is -0.139. The van der Waals surface area contributed by atoms with Crippen molar-refractivity contribution >= 4 is 46.2 Å². The van der Waals surface area contributed by atoms with Crippen molar-refractivity contribution in [3.05, 3.63) is 130 Å². The molecule has 1 aliphatic heterocycles. The second-order valence-electron chi connectivity index (χ2n) is 11.7. The van der Waals surface area contributed by atoms with Gasteiger partial charge in [-0.2, -0.15) is 0 Å². The third-order valence-corrected chi connectivity index (χ3v) is 9.09. The molecule has 9 nitrogen and oxygen atoms in total. The van der Waals surface area contributed by atoms with Crippen molar-refractivity contribution in [2.75, 3.05) is 23.9 Å². The highest BCUT2D eigenvalue weighted by atomic mass is 32.1. The maximum Gasteiger partial charge on any atom is 0.299 e. The first-order valence-corrected chi connectivity index (χ1v) is 16.4. The summed E-state index contributed by atoms with van der Waals surface area (Å²) in [7, 11) is 1.56. The summed E-state index contributed by atoms with van der Waals surface area (Å²) in [4.78, 5) is 62.1. The lowest BCUT2D eigenvalue weighted by Crippen LogP contribution is -2.46. The number of ketones is 1. The molecule has 1 aliphatic rings. The average molecular weight is 659 g/mol. The van der Waals surface area contributed by atoms with Crippen LogP contribution in [0.1, 0.15) is 52.3 Å². The normalized spacial score (nSPS) is 13.0. The molecule has 1 unspecified atom stereocenters. The molecular weight excluding hydrogens is 625 g/mol. The highest BCUT2D eigenvalue weighted by Crippen LogP contribution is 2.32. The Morgan fingerprint density at radius 3 is 2.23 bits per heavy atom. The van der Waals surface area contributed by atoms with Crippen LogP contribution in [0, 0.1) is 0 Å². The monoisotopic (exact) mass is 658 g/mol. The summed E-state index contributed by atoms with van der Waals surface area (Å²) in [5.74, 6) is -1.54. The van der Waals surface area contributed by atoms with Gasteiger partial charge in [0.05, 0.1) is 30.6 Å². The number of ether oxygens (including phenoxy) is 1. The van der Waals surface area contributed by atoms with E-state index in [0.29, 0.717) is 27.7 Å². The van der Waals surface area contributed by atoms with Crippen LogP contribution in [-0.4, -0.2) is 47.0 Å². The number of carbonyl (C=O) groups is 4. The van der Waals surface area contributed by atoms with Gasteiger partial charge in [0.25, 0.3) is 17.6 Å². The highest BCUT2D eigenvalue weighted by molar-refractivity contribution is 7.09. The zero-order valence-electron chi connectivity index (χ0n) is 26.8. The first-order valence-electron chi connectivity index (χ1n) is 15.5. The van der Waals surface area contributed by atoms with Crippen molar-refractivity contribution in [3.63, 3.8) is 0 Å². The molecule has 0 aliphatic carbocycles. The van der Waals surface area contributed by atoms with E-state index in [9.17, 15) is 19.2 Å². The molecule has 48 heavy (non-hydrogen) atoms. The van der Waals surface area contributed by atoms with Crippen LogP contribution < -0.4 is 15.0 Å². The Bertz CT molecular complexity index is 1960. The maximum atomic E-state index is 14.5. The van der Waals surface area contributed by atoms with Crippen LogP contribution in [0.2, 0.25) is 0 Å². The Labute approximate surface area is 282 Å². The molecule has 6 rings (SSSR count). The van der Waals surface area contributed by atoms with Crippen molar-refractivity contribution in [3.8, 4) is 17.0 Å². The Morgan fingerprint density at radius 1 is 0.875 bits per heavy atom. The molecule has 0 bridgehead atoms. The number of hydrogen-bond donors (Lipinski definition) is 1. The number of anilines is 2. The van der Waals surface area contributed by atoms with Crippen LogP contribution >= 0.6 is 11.3 Å². The Hall–Kier alpha value is -5.61. The number of para-hydroxylation sites is 1. The molecular formula is C38H34N4O5S. The molecule has 0 radical (unpaired) electrons. The number of aromatic nitrogens is 1. The fraction of sp³-hybridized carbons (Fsp3) is 0.184. The van der Waals surface area contributed by atoms with Crippen molar-refractivity contribution in [2.24, 2.45) is 0 Å². The van der Waals surface area contributed by atoms with Gasteiger partial charge in [-0.05, 0) is 53.4 Å². The van der Waals surface area contributed by atoms with E-state index in [4.69, 9.17) is 9.72 Å². The molecule has 0 fully saturated rings. The number of hydrogen-bond acceptors (Lipinski definition) is 7. The first-order chi connectivity index (χ1) is 23.2. The molecule has 242 valence electrons. The van der Waals surface area contributed by atoms with Gasteiger partial charge in [0.15, 0.2) is 0 Å². The minimum Gasteiger partial charge on any atom is -0.497 e. The molecule has 2 heterocycles. The van der Waals surface area contributed by atoms with Crippen molar-refractivity contribution in [2.45, 2.75) is 32.4 Å². The SMILES string of the molecule is COc1ccc(NC(=O)C(c2ccc(C(C)C)cc2)N(Cc2nc(-c3ccccc3)cs2)C(=O)CN2C(=O)C(=O)c3ccccc32)cc1. The summed E-state index contributed by atoms with van der Waals surface area (Å²) >= 11 is 1.38. The number of nitrogens with zero attached hydrogens (tertiary/aromatic N) is 3. The van der Waals surface area contributed by atoms with Gasteiger partial charge in [-0.15, -0.1) is 11.3 Å². The number of carbonyl (C=O) groups excluding carboxylic acids is 4. The maximum absolute atomic E-state index is 14.5. The number of thiazole rings is 1. The lowest BCUT2D eigenvalue weighted by atomic mass is 9.97. The van der Waals surface area contributed by atoms with Crippen LogP contribution in [-0.2, 0) is 20.9 Å². The van der Waals surface area contributed by atoms with E-state index in [0.717, 1.165) is 16.8 Å². The van der Waals surface area contributed by atoms with Gasteiger partial charge in [0, 0.05) is 16.6 Å². The van der Waals surface area contributed by atoms with E-state index >= 15 is 0 Å². The Morgan fingerprint density at radius 2 is 1.54 bits per heavy atom. The van der Waals surface area contributed by atoms with Crippen LogP contribution in [0.15, 0.2) is 109 Å². The molecule has 1 N–H and O–H groups in total. The third-order valence-electron chi connectivity index (χ3n) is 8.26. The number of fused-ring (bicyclic) bond motifs is 1. The summed E-state index contributed by atoms with van der Waals surface area (Å²) in [6, 6.07) is 29.7. The number of methoxy groups -OCH3 is 1. The van der Waals surface area contributed by atoms with Crippen LogP contribution in [0.25, 0.3) is 11.3 Å². The van der Waals surface area contributed by atoms with E-state index < -0.39 is 36.1 Å². The second-order valence-corrected chi connectivity index (χ2v) is 12.6. The summed E-state index contributed by atoms with van der Waals surface area (Å²) in [5.41, 5.74) is 4.46. The Kier molecular flexibility index (Phi) is 9.45. The average Bonchev–Trinajstić information content (AvgIpc) is 3.67. The second kappa shape index (κ2) is 14.0. The summed E-state index contributed by atoms with van der Waals surface area (Å²) < 4.78 is 5.27. The fourth-order valence-electron chi connectivity index (χ4n) is 5.65. The minimum atomic E-state index is -1.10. The van der Waals surface area contributed by atoms with E-state index in [1.807, 2.05) is 60.0 Å². The van der Waals surface area contributed by atoms with Gasteiger partial charge in [-0.3, -0.25) is 24.1 Å². The van der Waals surface area contributed by atoms with Crippen LogP contribution in [0.5, 0.6) is 5.75 Å². The van der Waals surface area contributed by atoms with Gasteiger partial charge >= 0.3 is 0 Å². The first kappa shape index (κ1) is 32.3. The molecule has 3 amide bonds. The van der Waals surface area contributed by atoms with Crippen molar-refractivity contribution in [1.29, 1.82) is 0 Å². The lowest BCUT2D eigenvalue weighted by Gasteiger charge is -2.32. The van der Waals surface area contributed by atoms with Gasteiger partial charge in [-0.25, -0.2) is 4.98 Å². The minimum absolute atomic E-state index is 0.0133. The molecule has 1 aromatic heterocycles. The zero-order chi connectivity index (χ0) is 33.8. The standard InChI is InChI=1S/C38H34N4O5S/c1-24(2)25-13-15-27(16-14-25)35(37(45)39-28-17-19-29(47-3)20-18-28)42(21-33-40-31(23-48-33)26-9-5-4-6-10-26)34(43)22-41-32-12-8-7-11-30(32)36(44)38(41)46/h4-20,23-24,35H,21-22H2,1-3H3,(H,39,45). The Balaban J connectivity index is 1.40. The number of nitrogens with one attached hydrogen (secondary N) is 1. The van der Waals surface area contributed by atoms with E-state index in [-0.39, 0.29) is 18.0 Å². The predicted molar refractivity (Wildman–Crippen MR) is 186 cm³/mol. The van der Waals surface area contributed by atoms with Gasteiger partial charge in [0.2, 0.25) is 5.91 Å². The van der Waals surface area contributed by atoms with Gasteiger partial charge in [0.1, 0.15) is 23.3 Å². The number of amides is 3. The largest absolute Gasteiger partial charge is 0.497 e. The van der Waals surface area contributed by atoms with Crippen LogP contribution in [0.3, 0.4) is 0 Å². The molecule has 0 saturated heterocycles. The summed E-state index contributed by atoms with van der Waals surface area (Å²) in [5, 5.41) is 5.48. The zero-order valence-corrected chi connectivity index (χ0v) is 27.6. The predicted octanol–water partition coefficient (Wildman–Crippen LogP) is 6.88. The molecule has 10 heteroatoms. The molecule has 0 spiro atoms. The van der Waals surface area contributed by atoms with E-state index in [2.05, 4.69) is 19.2 Å². The molecule has 4 aromatic carbocycles. The number of rotatable bonds is 11. The molecule has 1 atom stereocenters. The van der Waals surface area contributed by atoms with Gasteiger partial charge < -0.3 is 15.0 Å². The quantitative estimate of drug-likeness (QED) is 0.155. The van der Waals surface area contributed by atoms with Crippen molar-refractivity contribution < 1.29 is 23.9 Å². The highest BCUT2D eigenvalue weighted by Gasteiger charge is 2.39. The summed E-state index contributed by atoms with van der Waals surface area (Å²) in [6.45, 7) is 3.71. The van der Waals surface area contributed by atoms with E-state index in [1.165, 1.54) is 21.1 Å². The number of benzene rings is 4. The summed E-state index contributed by atoms with van der Waals surface area (Å²) in [6.07, 6.45) is 0. The van der Waals surface area contributed by atoms with Crippen LogP contribution in [0.4, 0.5) is 11.4 Å². The number of Topliss-reactive ketones (excluding diaryl/α,β-unsaturated/α-hetero) is 1. The molecule has 0 saturated carbocycles.